The van der Waals surface area contributed by atoms with Crippen LogP contribution in [0.5, 0.6) is 5.75 Å². The van der Waals surface area contributed by atoms with E-state index in [1.54, 1.807) is 37.4 Å². The van der Waals surface area contributed by atoms with E-state index < -0.39 is 0 Å². The van der Waals surface area contributed by atoms with Crippen molar-refractivity contribution in [3.8, 4) is 5.75 Å². The molecule has 0 fully saturated rings. The van der Waals surface area contributed by atoms with Crippen molar-refractivity contribution in [3.05, 3.63) is 83.3 Å². The van der Waals surface area contributed by atoms with Crippen molar-refractivity contribution in [1.29, 1.82) is 0 Å². The monoisotopic (exact) mass is 392 g/mol. The highest BCUT2D eigenvalue weighted by Crippen LogP contribution is 2.22. The lowest BCUT2D eigenvalue weighted by Gasteiger charge is -2.18. The zero-order chi connectivity index (χ0) is 20.8. The first kappa shape index (κ1) is 20.2. The molecule has 0 aliphatic carbocycles. The summed E-state index contributed by atoms with van der Waals surface area (Å²) in [5.41, 5.74) is 2.89. The summed E-state index contributed by atoms with van der Waals surface area (Å²) < 4.78 is 10.3. The van der Waals surface area contributed by atoms with E-state index in [2.05, 4.69) is 10.6 Å². The van der Waals surface area contributed by atoms with E-state index in [4.69, 9.17) is 9.15 Å². The molecule has 3 rings (SSSR count). The molecule has 2 amide bonds. The molecule has 0 aliphatic heterocycles. The highest BCUT2D eigenvalue weighted by molar-refractivity contribution is 6.04. The Balaban J connectivity index is 1.75. The maximum Gasteiger partial charge on any atom is 0.291 e. The van der Waals surface area contributed by atoms with Gasteiger partial charge in [-0.05, 0) is 60.9 Å². The van der Waals surface area contributed by atoms with Gasteiger partial charge in [0.25, 0.3) is 11.8 Å². The molecule has 1 aromatic heterocycles. The van der Waals surface area contributed by atoms with Crippen molar-refractivity contribution >= 4 is 17.5 Å². The van der Waals surface area contributed by atoms with Crippen LogP contribution in [0.15, 0.2) is 65.3 Å². The Labute approximate surface area is 169 Å². The maximum absolute atomic E-state index is 12.8. The molecule has 0 aliphatic rings. The van der Waals surface area contributed by atoms with Crippen molar-refractivity contribution in [2.24, 2.45) is 0 Å². The van der Waals surface area contributed by atoms with Gasteiger partial charge in [0.1, 0.15) is 5.75 Å². The fourth-order valence-corrected chi connectivity index (χ4v) is 2.99. The smallest absolute Gasteiger partial charge is 0.291 e. The lowest BCUT2D eigenvalue weighted by molar-refractivity contribution is 0.0934. The molecule has 2 aromatic carbocycles. The van der Waals surface area contributed by atoms with E-state index in [1.165, 1.54) is 6.26 Å². The van der Waals surface area contributed by atoms with Crippen molar-refractivity contribution in [3.63, 3.8) is 0 Å². The number of hydrogen-bond donors (Lipinski definition) is 2. The van der Waals surface area contributed by atoms with Crippen molar-refractivity contribution in [2.75, 3.05) is 12.4 Å². The molecule has 1 atom stereocenters. The SMILES string of the molecule is CCC(NC(=O)c1ccc(C)c(NC(=O)c2ccco2)c1)c1ccc(OC)cc1. The molecular weight excluding hydrogens is 368 g/mol. The lowest BCUT2D eigenvalue weighted by Crippen LogP contribution is -2.28. The van der Waals surface area contributed by atoms with Gasteiger partial charge in [-0.3, -0.25) is 9.59 Å². The van der Waals surface area contributed by atoms with E-state index in [0.717, 1.165) is 23.3 Å². The molecule has 2 N–H and O–H groups in total. The van der Waals surface area contributed by atoms with Gasteiger partial charge in [-0.2, -0.15) is 0 Å². The molecule has 29 heavy (non-hydrogen) atoms. The third-order valence-electron chi connectivity index (χ3n) is 4.72. The second kappa shape index (κ2) is 9.10. The Morgan fingerprint density at radius 3 is 2.45 bits per heavy atom. The van der Waals surface area contributed by atoms with Gasteiger partial charge >= 0.3 is 0 Å². The van der Waals surface area contributed by atoms with E-state index in [0.29, 0.717) is 11.3 Å². The summed E-state index contributed by atoms with van der Waals surface area (Å²) in [6, 6.07) is 16.0. The van der Waals surface area contributed by atoms with Gasteiger partial charge < -0.3 is 19.8 Å². The van der Waals surface area contributed by atoms with Gasteiger partial charge in [-0.15, -0.1) is 0 Å². The van der Waals surface area contributed by atoms with Crippen LogP contribution in [-0.2, 0) is 0 Å². The van der Waals surface area contributed by atoms with Gasteiger partial charge in [0.15, 0.2) is 5.76 Å². The van der Waals surface area contributed by atoms with Crippen LogP contribution in [0, 0.1) is 6.92 Å². The summed E-state index contributed by atoms with van der Waals surface area (Å²) in [5, 5.41) is 5.85. The Bertz CT molecular complexity index is 979. The van der Waals surface area contributed by atoms with E-state index in [1.807, 2.05) is 38.1 Å². The quantitative estimate of drug-likeness (QED) is 0.609. The van der Waals surface area contributed by atoms with Crippen molar-refractivity contribution < 1.29 is 18.7 Å². The average molecular weight is 392 g/mol. The molecule has 0 bridgehead atoms. The van der Waals surface area contributed by atoms with Crippen LogP contribution >= 0.6 is 0 Å². The predicted molar refractivity (Wildman–Crippen MR) is 111 cm³/mol. The highest BCUT2D eigenvalue weighted by atomic mass is 16.5. The Morgan fingerprint density at radius 2 is 1.83 bits per heavy atom. The van der Waals surface area contributed by atoms with Crippen LogP contribution in [0.3, 0.4) is 0 Å². The first-order valence-electron chi connectivity index (χ1n) is 9.42. The van der Waals surface area contributed by atoms with Crippen LogP contribution < -0.4 is 15.4 Å². The Hall–Kier alpha value is -3.54. The maximum atomic E-state index is 12.8. The number of hydrogen-bond acceptors (Lipinski definition) is 4. The fraction of sp³-hybridized carbons (Fsp3) is 0.217. The number of furan rings is 1. The van der Waals surface area contributed by atoms with Crippen LogP contribution in [0.2, 0.25) is 0 Å². The summed E-state index contributed by atoms with van der Waals surface area (Å²) in [6.07, 6.45) is 2.18. The summed E-state index contributed by atoms with van der Waals surface area (Å²) >= 11 is 0. The number of aryl methyl sites for hydroxylation is 1. The highest BCUT2D eigenvalue weighted by Gasteiger charge is 2.16. The van der Waals surface area contributed by atoms with Gasteiger partial charge in [-0.1, -0.05) is 25.1 Å². The number of nitrogens with one attached hydrogen (secondary N) is 2. The first-order valence-corrected chi connectivity index (χ1v) is 9.42. The van der Waals surface area contributed by atoms with Gasteiger partial charge in [-0.25, -0.2) is 0 Å². The van der Waals surface area contributed by atoms with Gasteiger partial charge in [0.05, 0.1) is 19.4 Å². The number of amides is 2. The van der Waals surface area contributed by atoms with E-state index >= 15 is 0 Å². The molecule has 0 saturated heterocycles. The minimum absolute atomic E-state index is 0.129. The Kier molecular flexibility index (Phi) is 6.34. The topological polar surface area (TPSA) is 80.6 Å². The van der Waals surface area contributed by atoms with E-state index in [9.17, 15) is 9.59 Å². The van der Waals surface area contributed by atoms with Crippen LogP contribution in [0.1, 0.15) is 51.4 Å². The van der Waals surface area contributed by atoms with E-state index in [-0.39, 0.29) is 23.6 Å². The summed E-state index contributed by atoms with van der Waals surface area (Å²) in [4.78, 5) is 25.1. The fourth-order valence-electron chi connectivity index (χ4n) is 2.99. The molecule has 0 radical (unpaired) electrons. The molecule has 150 valence electrons. The summed E-state index contributed by atoms with van der Waals surface area (Å²) in [6.45, 7) is 3.88. The second-order valence-corrected chi connectivity index (χ2v) is 6.67. The van der Waals surface area contributed by atoms with Crippen LogP contribution in [-0.4, -0.2) is 18.9 Å². The standard InChI is InChI=1S/C23H24N2O4/c1-4-19(16-9-11-18(28-3)12-10-16)24-22(26)17-8-7-15(2)20(14-17)25-23(27)21-6-5-13-29-21/h5-14,19H,4H2,1-3H3,(H,24,26)(H,25,27). The Morgan fingerprint density at radius 1 is 1.07 bits per heavy atom. The predicted octanol–water partition coefficient (Wildman–Crippen LogP) is 4.73. The number of methoxy groups -OCH3 is 1. The number of benzene rings is 2. The number of carbonyl (C=O) groups is 2. The van der Waals surface area contributed by atoms with Gasteiger partial charge in [0, 0.05) is 11.3 Å². The zero-order valence-electron chi connectivity index (χ0n) is 16.7. The molecule has 1 unspecified atom stereocenters. The lowest BCUT2D eigenvalue weighted by atomic mass is 10.0. The molecule has 1 heterocycles. The normalized spacial score (nSPS) is 11.6. The minimum atomic E-state index is -0.361. The minimum Gasteiger partial charge on any atom is -0.497 e. The zero-order valence-corrected chi connectivity index (χ0v) is 16.7. The van der Waals surface area contributed by atoms with Gasteiger partial charge in [0.2, 0.25) is 0 Å². The second-order valence-electron chi connectivity index (χ2n) is 6.67. The molecule has 0 saturated carbocycles. The number of carbonyl (C=O) groups excluding carboxylic acids is 2. The molecular formula is C23H24N2O4. The summed E-state index contributed by atoms with van der Waals surface area (Å²) in [7, 11) is 1.62. The molecule has 6 heteroatoms. The summed E-state index contributed by atoms with van der Waals surface area (Å²) in [5.74, 6) is 0.414. The molecule has 3 aromatic rings. The van der Waals surface area contributed by atoms with Crippen LogP contribution in [0.25, 0.3) is 0 Å². The third kappa shape index (κ3) is 4.85. The van der Waals surface area contributed by atoms with Crippen molar-refractivity contribution in [2.45, 2.75) is 26.3 Å². The average Bonchev–Trinajstić information content (AvgIpc) is 3.28. The van der Waals surface area contributed by atoms with Crippen molar-refractivity contribution in [1.82, 2.24) is 5.32 Å². The molecule has 6 nitrogen and oxygen atoms in total. The number of rotatable bonds is 7. The number of anilines is 1. The number of ether oxygens (including phenoxy) is 1. The third-order valence-corrected chi connectivity index (χ3v) is 4.72. The molecule has 0 spiro atoms. The van der Waals surface area contributed by atoms with Crippen LogP contribution in [0.4, 0.5) is 5.69 Å². The first-order chi connectivity index (χ1) is 14.0. The largest absolute Gasteiger partial charge is 0.497 e.